The zero-order valence-electron chi connectivity index (χ0n) is 19.8. The molecule has 0 unspecified atom stereocenters. The number of piperazine rings is 1. The number of benzene rings is 1. The first-order chi connectivity index (χ1) is 17.0. The molecule has 0 saturated carbocycles. The highest BCUT2D eigenvalue weighted by Gasteiger charge is 2.28. The van der Waals surface area contributed by atoms with Gasteiger partial charge in [-0.15, -0.1) is 11.3 Å². The highest BCUT2D eigenvalue weighted by Crippen LogP contribution is 2.38. The minimum Gasteiger partial charge on any atom is -0.367 e. The fourth-order valence-corrected chi connectivity index (χ4v) is 5.04. The molecule has 1 aliphatic heterocycles. The Bertz CT molecular complexity index is 1380. The summed E-state index contributed by atoms with van der Waals surface area (Å²) in [6.07, 6.45) is 3.86. The van der Waals surface area contributed by atoms with Crippen LogP contribution in [-0.2, 0) is 11.8 Å². The van der Waals surface area contributed by atoms with Crippen LogP contribution in [0.4, 0.5) is 21.9 Å². The number of carbonyl (C=O) groups is 2. The third kappa shape index (κ3) is 4.35. The van der Waals surface area contributed by atoms with E-state index in [0.29, 0.717) is 23.4 Å². The Balaban J connectivity index is 1.52. The SMILES string of the molecule is Cc1nn(C)c2ncc(N(C=O)C(=O)Nc3cccc(-c4nccs4)c3)c(N3CCN(C)CC3)c12. The molecular formula is C24H26N8O2S. The van der Waals surface area contributed by atoms with Crippen LogP contribution in [0.5, 0.6) is 0 Å². The van der Waals surface area contributed by atoms with Gasteiger partial charge in [0, 0.05) is 56.1 Å². The summed E-state index contributed by atoms with van der Waals surface area (Å²) in [5.41, 5.74) is 4.20. The minimum atomic E-state index is -0.561. The Morgan fingerprint density at radius 3 is 2.69 bits per heavy atom. The van der Waals surface area contributed by atoms with Gasteiger partial charge in [-0.25, -0.2) is 19.7 Å². The summed E-state index contributed by atoms with van der Waals surface area (Å²) in [7, 11) is 3.93. The number of rotatable bonds is 5. The molecule has 10 nitrogen and oxygen atoms in total. The van der Waals surface area contributed by atoms with Crippen LogP contribution < -0.4 is 15.1 Å². The quantitative estimate of drug-likeness (QED) is 0.428. The van der Waals surface area contributed by atoms with Crippen LogP contribution in [0.15, 0.2) is 42.0 Å². The lowest BCUT2D eigenvalue weighted by Gasteiger charge is -2.36. The van der Waals surface area contributed by atoms with Gasteiger partial charge in [0.2, 0.25) is 6.41 Å². The Hall–Kier alpha value is -3.83. The fourth-order valence-electron chi connectivity index (χ4n) is 4.40. The van der Waals surface area contributed by atoms with E-state index in [4.69, 9.17) is 0 Å². The number of likely N-dealkylation sites (N-methyl/N-ethyl adjacent to an activating group) is 1. The van der Waals surface area contributed by atoms with Crippen LogP contribution in [-0.4, -0.2) is 70.3 Å². The van der Waals surface area contributed by atoms with Crippen LogP contribution in [0.2, 0.25) is 0 Å². The van der Waals surface area contributed by atoms with E-state index in [1.807, 2.05) is 37.6 Å². The molecule has 0 radical (unpaired) electrons. The largest absolute Gasteiger partial charge is 0.367 e. The number of nitrogens with zero attached hydrogens (tertiary/aromatic N) is 7. The smallest absolute Gasteiger partial charge is 0.333 e. The predicted molar refractivity (Wildman–Crippen MR) is 138 cm³/mol. The number of aromatic nitrogens is 4. The average Bonchev–Trinajstić information content (AvgIpc) is 3.49. The summed E-state index contributed by atoms with van der Waals surface area (Å²) in [5, 5.41) is 11.0. The van der Waals surface area contributed by atoms with Gasteiger partial charge in [0.1, 0.15) is 5.01 Å². The normalized spacial score (nSPS) is 14.3. The highest BCUT2D eigenvalue weighted by atomic mass is 32.1. The maximum Gasteiger partial charge on any atom is 0.333 e. The van der Waals surface area contributed by atoms with Gasteiger partial charge in [0.25, 0.3) is 0 Å². The molecule has 0 bridgehead atoms. The Morgan fingerprint density at radius 1 is 1.17 bits per heavy atom. The molecule has 1 aromatic carbocycles. The summed E-state index contributed by atoms with van der Waals surface area (Å²) in [6, 6.07) is 6.84. The molecule has 1 saturated heterocycles. The molecule has 4 heterocycles. The van der Waals surface area contributed by atoms with Crippen molar-refractivity contribution in [2.24, 2.45) is 7.05 Å². The fraction of sp³-hybridized carbons (Fsp3) is 0.292. The van der Waals surface area contributed by atoms with Crippen LogP contribution >= 0.6 is 11.3 Å². The summed E-state index contributed by atoms with van der Waals surface area (Å²) in [5.74, 6) is 0. The van der Waals surface area contributed by atoms with E-state index in [1.165, 1.54) is 11.3 Å². The second kappa shape index (κ2) is 9.43. The van der Waals surface area contributed by atoms with Gasteiger partial charge in [-0.2, -0.15) is 5.10 Å². The number of thiazole rings is 1. The van der Waals surface area contributed by atoms with Crippen LogP contribution in [0, 0.1) is 6.92 Å². The number of amides is 3. The topological polar surface area (TPSA) is 99.5 Å². The number of nitrogens with one attached hydrogen (secondary N) is 1. The second-order valence-corrected chi connectivity index (χ2v) is 9.41. The van der Waals surface area contributed by atoms with E-state index in [0.717, 1.165) is 58.4 Å². The summed E-state index contributed by atoms with van der Waals surface area (Å²) in [4.78, 5) is 40.1. The first-order valence-corrected chi connectivity index (χ1v) is 12.2. The van der Waals surface area contributed by atoms with Crippen molar-refractivity contribution in [1.29, 1.82) is 0 Å². The van der Waals surface area contributed by atoms with Crippen molar-refractivity contribution in [1.82, 2.24) is 24.6 Å². The van der Waals surface area contributed by atoms with Crippen LogP contribution in [0.25, 0.3) is 21.6 Å². The minimum absolute atomic E-state index is 0.432. The molecule has 11 heteroatoms. The Labute approximate surface area is 206 Å². The molecule has 1 fully saturated rings. The number of carbonyl (C=O) groups excluding carboxylic acids is 2. The molecule has 5 rings (SSSR count). The summed E-state index contributed by atoms with van der Waals surface area (Å²) < 4.78 is 1.73. The second-order valence-electron chi connectivity index (χ2n) is 8.51. The van der Waals surface area contributed by atoms with Gasteiger partial charge in [0.05, 0.1) is 28.7 Å². The lowest BCUT2D eigenvalue weighted by Crippen LogP contribution is -2.45. The van der Waals surface area contributed by atoms with E-state index in [9.17, 15) is 9.59 Å². The number of imide groups is 1. The highest BCUT2D eigenvalue weighted by molar-refractivity contribution is 7.13. The van der Waals surface area contributed by atoms with E-state index < -0.39 is 6.03 Å². The van der Waals surface area contributed by atoms with Crippen LogP contribution in [0.3, 0.4) is 0 Å². The number of anilines is 3. The molecule has 3 aromatic heterocycles. The van der Waals surface area contributed by atoms with Gasteiger partial charge in [-0.05, 0) is 26.1 Å². The summed E-state index contributed by atoms with van der Waals surface area (Å²) >= 11 is 1.52. The lowest BCUT2D eigenvalue weighted by atomic mass is 10.1. The third-order valence-electron chi connectivity index (χ3n) is 6.18. The maximum atomic E-state index is 13.4. The van der Waals surface area contributed by atoms with Gasteiger partial charge >= 0.3 is 6.03 Å². The number of urea groups is 1. The summed E-state index contributed by atoms with van der Waals surface area (Å²) in [6.45, 7) is 5.20. The van der Waals surface area contributed by atoms with Crippen molar-refractivity contribution in [2.45, 2.75) is 6.92 Å². The first kappa shape index (κ1) is 22.9. The molecule has 4 aromatic rings. The molecule has 0 spiro atoms. The van der Waals surface area contributed by atoms with Crippen molar-refractivity contribution in [3.63, 3.8) is 0 Å². The number of aryl methyl sites for hydroxylation is 2. The number of hydrogen-bond donors (Lipinski definition) is 1. The monoisotopic (exact) mass is 490 g/mol. The molecule has 0 atom stereocenters. The molecular weight excluding hydrogens is 464 g/mol. The van der Waals surface area contributed by atoms with Crippen molar-refractivity contribution < 1.29 is 9.59 Å². The Kier molecular flexibility index (Phi) is 6.18. The van der Waals surface area contributed by atoms with Crippen LogP contribution in [0.1, 0.15) is 5.69 Å². The van der Waals surface area contributed by atoms with E-state index in [1.54, 1.807) is 23.1 Å². The maximum absolute atomic E-state index is 13.4. The number of pyridine rings is 1. The van der Waals surface area contributed by atoms with E-state index in [2.05, 4.69) is 37.2 Å². The van der Waals surface area contributed by atoms with Crippen molar-refractivity contribution in [3.8, 4) is 10.6 Å². The van der Waals surface area contributed by atoms with E-state index >= 15 is 0 Å². The molecule has 3 amide bonds. The van der Waals surface area contributed by atoms with Gasteiger partial charge < -0.3 is 15.1 Å². The van der Waals surface area contributed by atoms with Gasteiger partial charge in [-0.3, -0.25) is 9.48 Å². The van der Waals surface area contributed by atoms with Crippen molar-refractivity contribution in [3.05, 3.63) is 47.7 Å². The zero-order valence-corrected chi connectivity index (χ0v) is 20.6. The Morgan fingerprint density at radius 2 is 1.97 bits per heavy atom. The average molecular weight is 491 g/mol. The van der Waals surface area contributed by atoms with E-state index in [-0.39, 0.29) is 0 Å². The van der Waals surface area contributed by atoms with Gasteiger partial charge in [-0.1, -0.05) is 12.1 Å². The van der Waals surface area contributed by atoms with Gasteiger partial charge in [0.15, 0.2) is 5.65 Å². The molecule has 35 heavy (non-hydrogen) atoms. The number of fused-ring (bicyclic) bond motifs is 1. The molecule has 0 aliphatic carbocycles. The zero-order chi connectivity index (χ0) is 24.5. The number of hydrogen-bond acceptors (Lipinski definition) is 8. The first-order valence-electron chi connectivity index (χ1n) is 11.3. The standard InChI is InChI=1S/C24H26N8O2S/c1-16-20-21(31-10-8-29(2)9-11-31)19(14-26-22(20)30(3)28-16)32(15-33)24(34)27-18-6-4-5-17(13-18)23-25-7-12-35-23/h4-7,12-15H,8-11H2,1-3H3,(H,27,34). The molecule has 1 N–H and O–H groups in total. The molecule has 1 aliphatic rings. The predicted octanol–water partition coefficient (Wildman–Crippen LogP) is 3.35. The third-order valence-corrected chi connectivity index (χ3v) is 7.00. The molecule has 180 valence electrons. The lowest BCUT2D eigenvalue weighted by molar-refractivity contribution is -0.106. The van der Waals surface area contributed by atoms with Crippen molar-refractivity contribution >= 4 is 51.9 Å². The van der Waals surface area contributed by atoms with Crippen molar-refractivity contribution in [2.75, 3.05) is 48.3 Å².